The highest BCUT2D eigenvalue weighted by Gasteiger charge is 2.34. The van der Waals surface area contributed by atoms with Crippen LogP contribution in [0.4, 0.5) is 0 Å². The first-order valence-corrected chi connectivity index (χ1v) is 8.18. The van der Waals surface area contributed by atoms with Gasteiger partial charge in [-0.15, -0.1) is 0 Å². The minimum absolute atomic E-state index is 0.0496. The summed E-state index contributed by atoms with van der Waals surface area (Å²) in [6.07, 6.45) is 0.633. The second kappa shape index (κ2) is 5.80. The van der Waals surface area contributed by atoms with E-state index in [4.69, 9.17) is 4.74 Å². The Labute approximate surface area is 140 Å². The number of H-pyrrole nitrogens is 1. The highest BCUT2D eigenvalue weighted by Crippen LogP contribution is 2.36. The van der Waals surface area contributed by atoms with E-state index < -0.39 is 0 Å². The third-order valence-electron chi connectivity index (χ3n) is 4.90. The van der Waals surface area contributed by atoms with Crippen LogP contribution in [0, 0.1) is 6.92 Å². The smallest absolute Gasteiger partial charge is 0.323 e. The first kappa shape index (κ1) is 15.0. The maximum Gasteiger partial charge on any atom is 0.323 e. The normalized spacial score (nSPS) is 19.9. The molecule has 0 bridgehead atoms. The Kier molecular flexibility index (Phi) is 3.62. The molecule has 0 saturated carbocycles. The Bertz CT molecular complexity index is 913. The van der Waals surface area contributed by atoms with E-state index in [1.807, 2.05) is 24.3 Å². The summed E-state index contributed by atoms with van der Waals surface area (Å²) in [7, 11) is 1.44. The number of aryl methyl sites for hydroxylation is 1. The predicted molar refractivity (Wildman–Crippen MR) is 94.0 cm³/mol. The van der Waals surface area contributed by atoms with Gasteiger partial charge in [0.15, 0.2) is 0 Å². The molecule has 2 heterocycles. The summed E-state index contributed by atoms with van der Waals surface area (Å²) in [6, 6.07) is 16.1. The molecular weight excluding hydrogens is 300 g/mol. The molecule has 3 aromatic rings. The first-order chi connectivity index (χ1) is 11.7. The number of fused-ring (bicyclic) bond motifs is 3. The van der Waals surface area contributed by atoms with Gasteiger partial charge in [0.2, 0.25) is 0 Å². The maximum absolute atomic E-state index is 12.2. The molecule has 0 radical (unpaired) electrons. The molecule has 4 heteroatoms. The van der Waals surface area contributed by atoms with E-state index >= 15 is 0 Å². The second-order valence-electron chi connectivity index (χ2n) is 6.30. The number of aromatic nitrogens is 1. The fraction of sp³-hybridized carbons (Fsp3) is 0.250. The Morgan fingerprint density at radius 2 is 1.88 bits per heavy atom. The third-order valence-corrected chi connectivity index (χ3v) is 4.90. The van der Waals surface area contributed by atoms with Crippen molar-refractivity contribution in [1.29, 1.82) is 0 Å². The molecular formula is C20H20N2O2. The Morgan fingerprint density at radius 1 is 1.12 bits per heavy atom. The van der Waals surface area contributed by atoms with E-state index in [-0.39, 0.29) is 18.1 Å². The molecule has 0 amide bonds. The lowest BCUT2D eigenvalue weighted by Gasteiger charge is -2.31. The monoisotopic (exact) mass is 320 g/mol. The fourth-order valence-electron chi connectivity index (χ4n) is 3.68. The van der Waals surface area contributed by atoms with Gasteiger partial charge in [0.25, 0.3) is 0 Å². The van der Waals surface area contributed by atoms with Crippen LogP contribution in [0.5, 0.6) is 0 Å². The van der Waals surface area contributed by atoms with Gasteiger partial charge in [0.1, 0.15) is 6.04 Å². The van der Waals surface area contributed by atoms with Crippen LogP contribution in [0.2, 0.25) is 0 Å². The Hall–Kier alpha value is -2.59. The molecule has 0 aliphatic carbocycles. The molecule has 2 N–H and O–H groups in total. The molecule has 24 heavy (non-hydrogen) atoms. The summed E-state index contributed by atoms with van der Waals surface area (Å²) in [5.74, 6) is -0.218. The van der Waals surface area contributed by atoms with E-state index in [1.165, 1.54) is 29.2 Å². The van der Waals surface area contributed by atoms with E-state index in [1.54, 1.807) is 0 Å². The minimum atomic E-state index is -0.341. The lowest BCUT2D eigenvalue weighted by atomic mass is 9.88. The van der Waals surface area contributed by atoms with Gasteiger partial charge in [-0.25, -0.2) is 0 Å². The summed E-state index contributed by atoms with van der Waals surface area (Å²) in [5, 5.41) is 4.65. The summed E-state index contributed by atoms with van der Waals surface area (Å²) < 4.78 is 5.00. The van der Waals surface area contributed by atoms with Crippen LogP contribution in [0.15, 0.2) is 48.5 Å². The molecule has 4 nitrogen and oxygen atoms in total. The standard InChI is InChI=1S/C20H20N2O2/c1-12-7-3-4-8-13(12)18-19-15(11-17(22-18)20(23)24-2)14-9-5-6-10-16(14)21-19/h3-10,17-18,21-22H,11H2,1-2H3/t17-,18+/m1/s1. The van der Waals surface area contributed by atoms with E-state index in [2.05, 4.69) is 41.5 Å². The topological polar surface area (TPSA) is 54.1 Å². The SMILES string of the molecule is COC(=O)[C@H]1Cc2c([nH]c3ccccc23)[C@H](c2ccccc2C)N1. The third kappa shape index (κ3) is 2.31. The number of nitrogens with one attached hydrogen (secondary N) is 2. The molecule has 0 unspecified atom stereocenters. The molecule has 0 saturated heterocycles. The number of aromatic amines is 1. The molecule has 122 valence electrons. The van der Waals surface area contributed by atoms with Crippen molar-refractivity contribution in [3.05, 3.63) is 70.9 Å². The molecule has 1 aliphatic heterocycles. The molecule has 2 atom stereocenters. The van der Waals surface area contributed by atoms with Gasteiger partial charge in [0, 0.05) is 23.0 Å². The average Bonchev–Trinajstić information content (AvgIpc) is 2.99. The number of methoxy groups -OCH3 is 1. The lowest BCUT2D eigenvalue weighted by molar-refractivity contribution is -0.143. The van der Waals surface area contributed by atoms with Crippen molar-refractivity contribution in [1.82, 2.24) is 10.3 Å². The van der Waals surface area contributed by atoms with Crippen LogP contribution in [0.1, 0.15) is 28.4 Å². The van der Waals surface area contributed by atoms with Crippen molar-refractivity contribution < 1.29 is 9.53 Å². The van der Waals surface area contributed by atoms with Gasteiger partial charge >= 0.3 is 5.97 Å². The number of rotatable bonds is 2. The van der Waals surface area contributed by atoms with Crippen molar-refractivity contribution >= 4 is 16.9 Å². The molecule has 4 rings (SSSR count). The van der Waals surface area contributed by atoms with E-state index in [9.17, 15) is 4.79 Å². The van der Waals surface area contributed by atoms with E-state index in [0.29, 0.717) is 6.42 Å². The zero-order chi connectivity index (χ0) is 16.7. The summed E-state index contributed by atoms with van der Waals surface area (Å²) in [5.41, 5.74) is 5.83. The van der Waals surface area contributed by atoms with Crippen molar-refractivity contribution in [3.63, 3.8) is 0 Å². The van der Waals surface area contributed by atoms with Gasteiger partial charge in [-0.2, -0.15) is 0 Å². The predicted octanol–water partition coefficient (Wildman–Crippen LogP) is 3.25. The van der Waals surface area contributed by atoms with Gasteiger partial charge in [-0.3, -0.25) is 10.1 Å². The highest BCUT2D eigenvalue weighted by atomic mass is 16.5. The minimum Gasteiger partial charge on any atom is -0.468 e. The number of ether oxygens (including phenoxy) is 1. The van der Waals surface area contributed by atoms with Crippen LogP contribution in [-0.2, 0) is 16.0 Å². The quantitative estimate of drug-likeness (QED) is 0.713. The van der Waals surface area contributed by atoms with Crippen LogP contribution >= 0.6 is 0 Å². The van der Waals surface area contributed by atoms with Crippen molar-refractivity contribution in [2.75, 3.05) is 7.11 Å². The van der Waals surface area contributed by atoms with Crippen molar-refractivity contribution in [2.45, 2.75) is 25.4 Å². The van der Waals surface area contributed by atoms with Gasteiger partial charge < -0.3 is 9.72 Å². The number of esters is 1. The van der Waals surface area contributed by atoms with Crippen LogP contribution in [-0.4, -0.2) is 24.1 Å². The second-order valence-corrected chi connectivity index (χ2v) is 6.30. The zero-order valence-corrected chi connectivity index (χ0v) is 13.8. The van der Waals surface area contributed by atoms with Crippen LogP contribution < -0.4 is 5.32 Å². The molecule has 1 aliphatic rings. The summed E-state index contributed by atoms with van der Waals surface area (Å²) in [6.45, 7) is 2.10. The summed E-state index contributed by atoms with van der Waals surface area (Å²) in [4.78, 5) is 15.8. The van der Waals surface area contributed by atoms with Gasteiger partial charge in [-0.05, 0) is 29.7 Å². The average molecular weight is 320 g/mol. The first-order valence-electron chi connectivity index (χ1n) is 8.18. The Morgan fingerprint density at radius 3 is 2.67 bits per heavy atom. The number of hydrogen-bond acceptors (Lipinski definition) is 3. The number of para-hydroxylation sites is 1. The molecule has 2 aromatic carbocycles. The number of carbonyl (C=O) groups excluding carboxylic acids is 1. The number of benzene rings is 2. The zero-order valence-electron chi connectivity index (χ0n) is 13.8. The molecule has 1 aromatic heterocycles. The number of carbonyl (C=O) groups is 1. The maximum atomic E-state index is 12.2. The number of hydrogen-bond donors (Lipinski definition) is 2. The fourth-order valence-corrected chi connectivity index (χ4v) is 3.68. The molecule has 0 fully saturated rings. The van der Waals surface area contributed by atoms with Crippen molar-refractivity contribution in [3.8, 4) is 0 Å². The van der Waals surface area contributed by atoms with Crippen LogP contribution in [0.25, 0.3) is 10.9 Å². The van der Waals surface area contributed by atoms with Crippen molar-refractivity contribution in [2.24, 2.45) is 0 Å². The van der Waals surface area contributed by atoms with Gasteiger partial charge in [-0.1, -0.05) is 42.5 Å². The largest absolute Gasteiger partial charge is 0.468 e. The lowest BCUT2D eigenvalue weighted by Crippen LogP contribution is -2.45. The molecule has 0 spiro atoms. The highest BCUT2D eigenvalue weighted by molar-refractivity contribution is 5.87. The summed E-state index contributed by atoms with van der Waals surface area (Å²) >= 11 is 0. The van der Waals surface area contributed by atoms with Crippen LogP contribution in [0.3, 0.4) is 0 Å². The Balaban J connectivity index is 1.90. The van der Waals surface area contributed by atoms with E-state index in [0.717, 1.165) is 11.2 Å². The van der Waals surface area contributed by atoms with Gasteiger partial charge in [0.05, 0.1) is 13.2 Å².